The molecule has 33 heavy (non-hydrogen) atoms. The highest BCUT2D eigenvalue weighted by Crippen LogP contribution is 2.32. The van der Waals surface area contributed by atoms with Crippen LogP contribution in [0.2, 0.25) is 0 Å². The highest BCUT2D eigenvalue weighted by atomic mass is 19.3. The summed E-state index contributed by atoms with van der Waals surface area (Å²) in [6.07, 6.45) is 1.34. The van der Waals surface area contributed by atoms with Crippen LogP contribution in [-0.4, -0.2) is 42.3 Å². The average Bonchev–Trinajstić information content (AvgIpc) is 3.46. The summed E-state index contributed by atoms with van der Waals surface area (Å²) < 4.78 is 44.7. The third kappa shape index (κ3) is 5.08. The Labute approximate surface area is 186 Å². The van der Waals surface area contributed by atoms with E-state index >= 15 is 0 Å². The summed E-state index contributed by atoms with van der Waals surface area (Å²) in [4.78, 5) is 30.0. The van der Waals surface area contributed by atoms with Crippen LogP contribution in [0.3, 0.4) is 0 Å². The first kappa shape index (κ1) is 22.2. The molecule has 2 heterocycles. The lowest BCUT2D eigenvalue weighted by Crippen LogP contribution is -2.23. The number of anilines is 1. The number of carbonyl (C=O) groups is 2. The van der Waals surface area contributed by atoms with Gasteiger partial charge in [-0.2, -0.15) is 13.8 Å². The van der Waals surface area contributed by atoms with Crippen LogP contribution >= 0.6 is 0 Å². The first-order chi connectivity index (χ1) is 15.9. The van der Waals surface area contributed by atoms with Gasteiger partial charge in [-0.1, -0.05) is 5.16 Å². The number of methoxy groups -OCH3 is 1. The highest BCUT2D eigenvalue weighted by molar-refractivity contribution is 5.96. The summed E-state index contributed by atoms with van der Waals surface area (Å²) in [5, 5.41) is 3.81. The third-order valence-corrected chi connectivity index (χ3v) is 4.92. The summed E-state index contributed by atoms with van der Waals surface area (Å²) in [6, 6.07) is 10.7. The van der Waals surface area contributed by atoms with E-state index in [9.17, 15) is 18.4 Å². The van der Waals surface area contributed by atoms with Gasteiger partial charge in [-0.25, -0.2) is 4.79 Å². The average molecular weight is 459 g/mol. The molecule has 0 aliphatic carbocycles. The lowest BCUT2D eigenvalue weighted by molar-refractivity contribution is -0.117. The largest absolute Gasteiger partial charge is 0.493 e. The zero-order valence-corrected chi connectivity index (χ0v) is 17.5. The lowest BCUT2D eigenvalue weighted by atomic mass is 10.2. The molecule has 172 valence electrons. The van der Waals surface area contributed by atoms with Crippen molar-refractivity contribution in [1.82, 2.24) is 10.1 Å². The molecule has 11 heteroatoms. The van der Waals surface area contributed by atoms with Crippen molar-refractivity contribution in [2.24, 2.45) is 0 Å². The van der Waals surface area contributed by atoms with E-state index < -0.39 is 12.6 Å². The number of amides is 1. The second-order valence-electron chi connectivity index (χ2n) is 7.03. The van der Waals surface area contributed by atoms with Gasteiger partial charge in [0.05, 0.1) is 12.7 Å². The molecular formula is C22H19F2N3O6. The topological polar surface area (TPSA) is 104 Å². The Morgan fingerprint density at radius 3 is 2.64 bits per heavy atom. The van der Waals surface area contributed by atoms with Gasteiger partial charge in [0.15, 0.2) is 18.1 Å². The van der Waals surface area contributed by atoms with E-state index in [2.05, 4.69) is 14.9 Å². The zero-order chi connectivity index (χ0) is 23.4. The molecule has 1 saturated heterocycles. The van der Waals surface area contributed by atoms with Crippen molar-refractivity contribution >= 4 is 17.6 Å². The monoisotopic (exact) mass is 459 g/mol. The standard InChI is InChI=1S/C22H19F2N3O6/c1-30-17-11-14(6-9-16(17)32-22(23)24)20-25-18(33-26-20)12-31-21(29)13-4-7-15(8-5-13)27-10-2-3-19(27)28/h4-9,11,22H,2-3,10,12H2,1H3. The number of carbonyl (C=O) groups excluding carboxylic acids is 2. The van der Waals surface area contributed by atoms with E-state index in [-0.39, 0.29) is 35.7 Å². The molecule has 0 N–H and O–H groups in total. The maximum absolute atomic E-state index is 12.5. The molecule has 0 spiro atoms. The van der Waals surface area contributed by atoms with Crippen molar-refractivity contribution in [2.45, 2.75) is 26.1 Å². The first-order valence-electron chi connectivity index (χ1n) is 9.98. The maximum Gasteiger partial charge on any atom is 0.387 e. The maximum atomic E-state index is 12.5. The summed E-state index contributed by atoms with van der Waals surface area (Å²) >= 11 is 0. The number of hydrogen-bond acceptors (Lipinski definition) is 8. The molecule has 0 bridgehead atoms. The second-order valence-corrected chi connectivity index (χ2v) is 7.03. The van der Waals surface area contributed by atoms with Crippen LogP contribution in [-0.2, 0) is 16.1 Å². The van der Waals surface area contributed by atoms with Gasteiger partial charge in [0.1, 0.15) is 0 Å². The number of hydrogen-bond donors (Lipinski definition) is 0. The van der Waals surface area contributed by atoms with Crippen molar-refractivity contribution in [3.8, 4) is 22.9 Å². The molecule has 0 saturated carbocycles. The molecule has 1 aliphatic heterocycles. The normalized spacial score (nSPS) is 13.5. The summed E-state index contributed by atoms with van der Waals surface area (Å²) in [6.45, 7) is -2.59. The minimum Gasteiger partial charge on any atom is -0.493 e. The number of aromatic nitrogens is 2. The minimum absolute atomic E-state index is 0.0458. The van der Waals surface area contributed by atoms with Crippen molar-refractivity contribution in [1.29, 1.82) is 0 Å². The van der Waals surface area contributed by atoms with Crippen molar-refractivity contribution in [3.63, 3.8) is 0 Å². The van der Waals surface area contributed by atoms with Crippen LogP contribution in [0.25, 0.3) is 11.4 Å². The summed E-state index contributed by atoms with van der Waals surface area (Å²) in [5.41, 5.74) is 1.47. The number of alkyl halides is 2. The molecule has 9 nitrogen and oxygen atoms in total. The van der Waals surface area contributed by atoms with E-state index in [4.69, 9.17) is 14.0 Å². The van der Waals surface area contributed by atoms with E-state index in [0.29, 0.717) is 24.1 Å². The van der Waals surface area contributed by atoms with Crippen molar-refractivity contribution in [2.75, 3.05) is 18.6 Å². The van der Waals surface area contributed by atoms with Crippen LogP contribution < -0.4 is 14.4 Å². The quantitative estimate of drug-likeness (QED) is 0.468. The fourth-order valence-electron chi connectivity index (χ4n) is 3.34. The Morgan fingerprint density at radius 1 is 1.18 bits per heavy atom. The van der Waals surface area contributed by atoms with Gasteiger partial charge in [-0.3, -0.25) is 4.79 Å². The number of benzene rings is 2. The molecule has 0 atom stereocenters. The summed E-state index contributed by atoms with van der Waals surface area (Å²) in [5.74, 6) is -0.388. The Morgan fingerprint density at radius 2 is 1.97 bits per heavy atom. The molecule has 1 amide bonds. The fourth-order valence-corrected chi connectivity index (χ4v) is 3.34. The van der Waals surface area contributed by atoms with Crippen LogP contribution in [0.5, 0.6) is 11.5 Å². The number of rotatable bonds is 8. The zero-order valence-electron chi connectivity index (χ0n) is 17.5. The molecule has 4 rings (SSSR count). The van der Waals surface area contributed by atoms with Crippen LogP contribution in [0.1, 0.15) is 29.1 Å². The molecule has 0 unspecified atom stereocenters. The Kier molecular flexibility index (Phi) is 6.48. The van der Waals surface area contributed by atoms with Crippen molar-refractivity contribution < 1.29 is 37.1 Å². The molecule has 1 aromatic heterocycles. The van der Waals surface area contributed by atoms with Gasteiger partial charge in [0.2, 0.25) is 11.7 Å². The van der Waals surface area contributed by atoms with Gasteiger partial charge in [-0.15, -0.1) is 0 Å². The van der Waals surface area contributed by atoms with E-state index in [1.807, 2.05) is 0 Å². The van der Waals surface area contributed by atoms with Gasteiger partial charge in [0, 0.05) is 24.2 Å². The Bertz CT molecular complexity index is 1150. The van der Waals surface area contributed by atoms with E-state index in [1.165, 1.54) is 25.3 Å². The first-order valence-corrected chi connectivity index (χ1v) is 9.98. The van der Waals surface area contributed by atoms with Crippen LogP contribution in [0.4, 0.5) is 14.5 Å². The summed E-state index contributed by atoms with van der Waals surface area (Å²) in [7, 11) is 1.31. The number of nitrogens with zero attached hydrogens (tertiary/aromatic N) is 3. The predicted octanol–water partition coefficient (Wildman–Crippen LogP) is 3.83. The minimum atomic E-state index is -2.99. The number of halogens is 2. The predicted molar refractivity (Wildman–Crippen MR) is 110 cm³/mol. The van der Waals surface area contributed by atoms with Gasteiger partial charge >= 0.3 is 12.6 Å². The van der Waals surface area contributed by atoms with Crippen LogP contribution in [0.15, 0.2) is 47.0 Å². The van der Waals surface area contributed by atoms with E-state index in [1.54, 1.807) is 29.2 Å². The SMILES string of the molecule is COc1cc(-c2noc(COC(=O)c3ccc(N4CCCC4=O)cc3)n2)ccc1OC(F)F. The second kappa shape index (κ2) is 9.63. The van der Waals surface area contributed by atoms with Gasteiger partial charge in [-0.05, 0) is 48.9 Å². The molecule has 3 aromatic rings. The number of ether oxygens (including phenoxy) is 3. The third-order valence-electron chi connectivity index (χ3n) is 4.92. The lowest BCUT2D eigenvalue weighted by Gasteiger charge is -2.15. The Hall–Kier alpha value is -4.02. The molecular weight excluding hydrogens is 440 g/mol. The molecule has 1 aliphatic rings. The smallest absolute Gasteiger partial charge is 0.387 e. The molecule has 0 radical (unpaired) electrons. The van der Waals surface area contributed by atoms with Crippen molar-refractivity contribution in [3.05, 3.63) is 53.9 Å². The van der Waals surface area contributed by atoms with E-state index in [0.717, 1.165) is 12.1 Å². The fraction of sp³-hybridized carbons (Fsp3) is 0.273. The van der Waals surface area contributed by atoms with Gasteiger partial charge < -0.3 is 23.6 Å². The molecule has 2 aromatic carbocycles. The molecule has 1 fully saturated rings. The Balaban J connectivity index is 1.38. The highest BCUT2D eigenvalue weighted by Gasteiger charge is 2.22. The van der Waals surface area contributed by atoms with Gasteiger partial charge in [0.25, 0.3) is 5.89 Å². The van der Waals surface area contributed by atoms with Crippen LogP contribution in [0, 0.1) is 0 Å². The number of esters is 1.